The van der Waals surface area contributed by atoms with Gasteiger partial charge in [-0.1, -0.05) is 102 Å². The quantitative estimate of drug-likeness (QED) is 0.0864. The second kappa shape index (κ2) is 19.6. The van der Waals surface area contributed by atoms with Crippen LogP contribution in [-0.4, -0.2) is 31.4 Å². The molecule has 5 nitrogen and oxygen atoms in total. The number of esters is 1. The van der Waals surface area contributed by atoms with Crippen molar-refractivity contribution in [3.05, 3.63) is 46.2 Å². The fourth-order valence-electron chi connectivity index (χ4n) is 6.26. The molecule has 1 aromatic carbocycles. The topological polar surface area (TPSA) is 65.0 Å². The van der Waals surface area contributed by atoms with Crippen molar-refractivity contribution in [2.75, 3.05) is 13.2 Å². The van der Waals surface area contributed by atoms with Crippen LogP contribution in [0.15, 0.2) is 34.5 Å². The summed E-state index contributed by atoms with van der Waals surface area (Å²) in [7, 11) is 0. The molecule has 1 aliphatic heterocycles. The van der Waals surface area contributed by atoms with Gasteiger partial charge in [-0.15, -0.1) is 0 Å². The summed E-state index contributed by atoms with van der Waals surface area (Å²) < 4.78 is 10.6. The number of allylic oxidation sites excluding steroid dienone is 1. The molecule has 1 heterocycles. The molecule has 0 N–H and O–H groups in total. The monoisotopic (exact) mass is 553 g/mol. The van der Waals surface area contributed by atoms with Crippen LogP contribution in [0.4, 0.5) is 0 Å². The Kier molecular flexibility index (Phi) is 16.6. The maximum absolute atomic E-state index is 13.2. The zero-order valence-electron chi connectivity index (χ0n) is 26.1. The molecular formula is C35H55NO4. The van der Waals surface area contributed by atoms with Crippen LogP contribution in [0.2, 0.25) is 0 Å². The van der Waals surface area contributed by atoms with E-state index in [1.54, 1.807) is 0 Å². The lowest BCUT2D eigenvalue weighted by atomic mass is 9.71. The normalized spacial score (nSPS) is 17.1. The summed E-state index contributed by atoms with van der Waals surface area (Å²) in [5, 5.41) is 0. The van der Waals surface area contributed by atoms with Gasteiger partial charge in [-0.05, 0) is 63.6 Å². The first-order valence-electron chi connectivity index (χ1n) is 16.0. The molecule has 0 amide bonds. The fourth-order valence-corrected chi connectivity index (χ4v) is 6.26. The van der Waals surface area contributed by atoms with Gasteiger partial charge in [-0.2, -0.15) is 0 Å². The highest BCUT2D eigenvalue weighted by Gasteiger charge is 2.39. The van der Waals surface area contributed by atoms with Crippen LogP contribution < -0.4 is 0 Å². The van der Waals surface area contributed by atoms with Gasteiger partial charge in [0.05, 0.1) is 18.8 Å². The van der Waals surface area contributed by atoms with Crippen molar-refractivity contribution in [2.24, 2.45) is 10.9 Å². The lowest BCUT2D eigenvalue weighted by Gasteiger charge is -2.35. The SMILES string of the molecule is CCCCCCCCCCCCCCCc1cccc(C)c1C1C(C(=O)OCC)=C(C)N=C(C)C1CCOC=O. The molecule has 0 saturated heterocycles. The minimum Gasteiger partial charge on any atom is -0.468 e. The Labute approximate surface area is 244 Å². The van der Waals surface area contributed by atoms with Crippen molar-refractivity contribution in [3.63, 3.8) is 0 Å². The van der Waals surface area contributed by atoms with Crippen molar-refractivity contribution in [1.82, 2.24) is 0 Å². The number of carbonyl (C=O) groups excluding carboxylic acids is 2. The van der Waals surface area contributed by atoms with E-state index in [0.29, 0.717) is 31.7 Å². The number of aryl methyl sites for hydroxylation is 2. The van der Waals surface area contributed by atoms with Crippen molar-refractivity contribution in [2.45, 2.75) is 137 Å². The molecule has 2 rings (SSSR count). The van der Waals surface area contributed by atoms with Crippen LogP contribution in [0.5, 0.6) is 0 Å². The van der Waals surface area contributed by atoms with Crippen LogP contribution in [0.3, 0.4) is 0 Å². The number of aliphatic imine (C=N–C) groups is 1. The third-order valence-corrected chi connectivity index (χ3v) is 8.37. The molecule has 0 radical (unpaired) electrons. The predicted molar refractivity (Wildman–Crippen MR) is 166 cm³/mol. The molecule has 0 aromatic heterocycles. The van der Waals surface area contributed by atoms with Gasteiger partial charge in [0, 0.05) is 23.2 Å². The van der Waals surface area contributed by atoms with Crippen molar-refractivity contribution in [1.29, 1.82) is 0 Å². The highest BCUT2D eigenvalue weighted by molar-refractivity contribution is 5.97. The second-order valence-electron chi connectivity index (χ2n) is 11.5. The molecule has 1 aromatic rings. The zero-order valence-corrected chi connectivity index (χ0v) is 26.1. The molecule has 0 aliphatic carbocycles. The molecule has 0 fully saturated rings. The predicted octanol–water partition coefficient (Wildman–Crippen LogP) is 9.20. The lowest BCUT2D eigenvalue weighted by Crippen LogP contribution is -2.32. The highest BCUT2D eigenvalue weighted by Crippen LogP contribution is 2.43. The maximum Gasteiger partial charge on any atom is 0.336 e. The van der Waals surface area contributed by atoms with Gasteiger partial charge in [0.2, 0.25) is 0 Å². The Morgan fingerprint density at radius 1 is 0.875 bits per heavy atom. The summed E-state index contributed by atoms with van der Waals surface area (Å²) in [6.45, 7) is 11.3. The number of rotatable bonds is 21. The summed E-state index contributed by atoms with van der Waals surface area (Å²) in [5.41, 5.74) is 6.05. The van der Waals surface area contributed by atoms with Gasteiger partial charge in [-0.25, -0.2) is 4.79 Å². The van der Waals surface area contributed by atoms with E-state index >= 15 is 0 Å². The van der Waals surface area contributed by atoms with E-state index in [0.717, 1.165) is 24.3 Å². The molecule has 2 unspecified atom stereocenters. The number of carbonyl (C=O) groups is 2. The van der Waals surface area contributed by atoms with E-state index in [1.807, 2.05) is 20.8 Å². The molecule has 5 heteroatoms. The number of hydrogen-bond donors (Lipinski definition) is 0. The Hall–Kier alpha value is -2.43. The second-order valence-corrected chi connectivity index (χ2v) is 11.5. The third kappa shape index (κ3) is 10.9. The van der Waals surface area contributed by atoms with E-state index in [9.17, 15) is 9.59 Å². The Balaban J connectivity index is 2.03. The van der Waals surface area contributed by atoms with Crippen LogP contribution in [0, 0.1) is 12.8 Å². The van der Waals surface area contributed by atoms with Gasteiger partial charge in [0.15, 0.2) is 0 Å². The van der Waals surface area contributed by atoms with Gasteiger partial charge in [0.1, 0.15) is 0 Å². The maximum atomic E-state index is 13.2. The summed E-state index contributed by atoms with van der Waals surface area (Å²) in [4.78, 5) is 28.9. The minimum absolute atomic E-state index is 0.0328. The summed E-state index contributed by atoms with van der Waals surface area (Å²) in [5.74, 6) is -0.489. The number of ether oxygens (including phenoxy) is 2. The first-order chi connectivity index (χ1) is 19.5. The van der Waals surface area contributed by atoms with Crippen molar-refractivity contribution in [3.8, 4) is 0 Å². The molecule has 1 aliphatic rings. The summed E-state index contributed by atoms with van der Waals surface area (Å²) >= 11 is 0. The Morgan fingerprint density at radius 3 is 2.05 bits per heavy atom. The van der Waals surface area contributed by atoms with E-state index in [4.69, 9.17) is 14.5 Å². The average Bonchev–Trinajstić information content (AvgIpc) is 2.92. The first-order valence-corrected chi connectivity index (χ1v) is 16.0. The molecule has 2 atom stereocenters. The van der Waals surface area contributed by atoms with Crippen LogP contribution in [0.1, 0.15) is 140 Å². The number of unbranched alkanes of at least 4 members (excludes halogenated alkanes) is 12. The number of hydrogen-bond acceptors (Lipinski definition) is 5. The van der Waals surface area contributed by atoms with E-state index < -0.39 is 0 Å². The van der Waals surface area contributed by atoms with Crippen molar-refractivity contribution < 1.29 is 19.1 Å². The van der Waals surface area contributed by atoms with Crippen molar-refractivity contribution >= 4 is 18.2 Å². The molecule has 224 valence electrons. The Morgan fingerprint density at radius 2 is 1.48 bits per heavy atom. The zero-order chi connectivity index (χ0) is 29.2. The number of nitrogens with zero attached hydrogens (tertiary/aromatic N) is 1. The van der Waals surface area contributed by atoms with E-state index in [2.05, 4.69) is 32.0 Å². The van der Waals surface area contributed by atoms with Gasteiger partial charge < -0.3 is 9.47 Å². The summed E-state index contributed by atoms with van der Waals surface area (Å²) in [6.07, 6.45) is 19.0. The largest absolute Gasteiger partial charge is 0.468 e. The van der Waals surface area contributed by atoms with Crippen LogP contribution in [-0.2, 0) is 25.5 Å². The molecule has 0 saturated carbocycles. The minimum atomic E-state index is -0.294. The molecular weight excluding hydrogens is 498 g/mol. The smallest absolute Gasteiger partial charge is 0.336 e. The van der Waals surface area contributed by atoms with Crippen LogP contribution in [0.25, 0.3) is 0 Å². The highest BCUT2D eigenvalue weighted by atomic mass is 16.5. The fraction of sp³-hybridized carbons (Fsp3) is 0.686. The first kappa shape index (κ1) is 33.8. The van der Waals surface area contributed by atoms with Gasteiger partial charge in [0.25, 0.3) is 6.47 Å². The lowest BCUT2D eigenvalue weighted by molar-refractivity contribution is -0.139. The Bertz CT molecular complexity index is 964. The van der Waals surface area contributed by atoms with Gasteiger partial charge in [-0.3, -0.25) is 9.79 Å². The summed E-state index contributed by atoms with van der Waals surface area (Å²) in [6, 6.07) is 6.49. The van der Waals surface area contributed by atoms with E-state index in [1.165, 1.54) is 93.7 Å². The molecule has 0 bridgehead atoms. The standard InChI is InChI=1S/C35H55NO4/c1-6-8-9-10-11-12-13-14-15-16-17-18-19-22-30-23-20-21-27(3)32(30)34-31(24-25-39-26-37)28(4)36-29(5)33(34)35(38)40-7-2/h20-21,23,26,31,34H,6-19,22,24-25H2,1-5H3. The average molecular weight is 554 g/mol. The van der Waals surface area contributed by atoms with Gasteiger partial charge >= 0.3 is 5.97 Å². The molecule has 0 spiro atoms. The van der Waals surface area contributed by atoms with Crippen LogP contribution >= 0.6 is 0 Å². The third-order valence-electron chi connectivity index (χ3n) is 8.37. The van der Waals surface area contributed by atoms with E-state index in [-0.39, 0.29) is 17.8 Å². The molecule has 40 heavy (non-hydrogen) atoms. The number of benzene rings is 1.